The molecule has 1 heterocycles. The molecule has 4 nitrogen and oxygen atoms in total. The van der Waals surface area contributed by atoms with Crippen molar-refractivity contribution >= 4 is 17.2 Å². The highest BCUT2D eigenvalue weighted by Gasteiger charge is 2.07. The number of hydrogen-bond acceptors (Lipinski definition) is 4. The monoisotopic (exact) mass is 225 g/mol. The summed E-state index contributed by atoms with van der Waals surface area (Å²) in [6.45, 7) is 8.13. The van der Waals surface area contributed by atoms with Gasteiger partial charge in [-0.2, -0.15) is 0 Å². The maximum atomic E-state index is 10.9. The number of aromatic nitrogens is 2. The number of carbonyl (C=O) groups is 1. The van der Waals surface area contributed by atoms with Gasteiger partial charge in [0.2, 0.25) is 5.91 Å². The predicted molar refractivity (Wildman–Crippen MR) is 60.9 cm³/mol. The number of nitrogens with one attached hydrogen (secondary N) is 1. The molecule has 0 saturated heterocycles. The van der Waals surface area contributed by atoms with Crippen LogP contribution < -0.4 is 5.32 Å². The molecule has 0 bridgehead atoms. The Balaban J connectivity index is 2.38. The molecule has 1 aromatic heterocycles. The van der Waals surface area contributed by atoms with E-state index in [4.69, 9.17) is 0 Å². The molecule has 0 aromatic carbocycles. The van der Waals surface area contributed by atoms with Crippen LogP contribution >= 0.6 is 11.3 Å². The SMILES string of the molecule is C=CC(=O)NCCc1nnc(C(C)C)s1. The molecule has 1 amide bonds. The fourth-order valence-electron chi connectivity index (χ4n) is 0.966. The molecule has 0 aliphatic heterocycles. The first-order valence-corrected chi connectivity index (χ1v) is 5.67. The van der Waals surface area contributed by atoms with E-state index in [1.807, 2.05) is 0 Å². The molecule has 0 aliphatic carbocycles. The highest BCUT2D eigenvalue weighted by molar-refractivity contribution is 7.11. The molecule has 0 unspecified atom stereocenters. The fraction of sp³-hybridized carbons (Fsp3) is 0.500. The maximum Gasteiger partial charge on any atom is 0.243 e. The lowest BCUT2D eigenvalue weighted by molar-refractivity contribution is -0.116. The first-order chi connectivity index (χ1) is 7.13. The van der Waals surface area contributed by atoms with Crippen LogP contribution in [0.3, 0.4) is 0 Å². The molecule has 0 atom stereocenters. The molecule has 0 saturated carbocycles. The zero-order chi connectivity index (χ0) is 11.3. The van der Waals surface area contributed by atoms with Crippen molar-refractivity contribution in [3.05, 3.63) is 22.7 Å². The van der Waals surface area contributed by atoms with E-state index in [1.54, 1.807) is 11.3 Å². The minimum Gasteiger partial charge on any atom is -0.352 e. The van der Waals surface area contributed by atoms with Gasteiger partial charge < -0.3 is 5.32 Å². The Morgan fingerprint density at radius 2 is 2.33 bits per heavy atom. The Labute approximate surface area is 93.4 Å². The third kappa shape index (κ3) is 3.79. The molecule has 1 N–H and O–H groups in total. The van der Waals surface area contributed by atoms with E-state index >= 15 is 0 Å². The van der Waals surface area contributed by atoms with E-state index < -0.39 is 0 Å². The van der Waals surface area contributed by atoms with Gasteiger partial charge in [0.05, 0.1) is 0 Å². The summed E-state index contributed by atoms with van der Waals surface area (Å²) in [5.74, 6) is 0.266. The second-order valence-electron chi connectivity index (χ2n) is 3.43. The Kier molecular flexibility index (Phi) is 4.42. The van der Waals surface area contributed by atoms with E-state index in [-0.39, 0.29) is 5.91 Å². The van der Waals surface area contributed by atoms with E-state index in [0.717, 1.165) is 16.4 Å². The normalized spacial score (nSPS) is 10.3. The Hall–Kier alpha value is -1.23. The van der Waals surface area contributed by atoms with Crippen molar-refractivity contribution in [2.24, 2.45) is 0 Å². The van der Waals surface area contributed by atoms with Gasteiger partial charge in [0.1, 0.15) is 10.0 Å². The minimum atomic E-state index is -0.149. The summed E-state index contributed by atoms with van der Waals surface area (Å²) in [4.78, 5) is 10.9. The van der Waals surface area contributed by atoms with Crippen molar-refractivity contribution in [2.75, 3.05) is 6.54 Å². The van der Waals surface area contributed by atoms with Crippen molar-refractivity contribution in [2.45, 2.75) is 26.2 Å². The lowest BCUT2D eigenvalue weighted by Crippen LogP contribution is -2.23. The van der Waals surface area contributed by atoms with Gasteiger partial charge in [-0.25, -0.2) is 0 Å². The first kappa shape index (κ1) is 11.8. The van der Waals surface area contributed by atoms with Crippen LogP contribution in [0.2, 0.25) is 0 Å². The van der Waals surface area contributed by atoms with Gasteiger partial charge in [0.25, 0.3) is 0 Å². The summed E-state index contributed by atoms with van der Waals surface area (Å²) in [6, 6.07) is 0. The molecule has 0 spiro atoms. The second-order valence-corrected chi connectivity index (χ2v) is 4.53. The molecule has 15 heavy (non-hydrogen) atoms. The predicted octanol–water partition coefficient (Wildman–Crippen LogP) is 1.51. The van der Waals surface area contributed by atoms with Gasteiger partial charge in [0, 0.05) is 18.9 Å². The molecule has 1 aromatic rings. The van der Waals surface area contributed by atoms with Crippen molar-refractivity contribution in [3.63, 3.8) is 0 Å². The topological polar surface area (TPSA) is 54.9 Å². The zero-order valence-corrected chi connectivity index (χ0v) is 9.80. The molecular weight excluding hydrogens is 210 g/mol. The fourth-order valence-corrected chi connectivity index (χ4v) is 1.81. The Bertz CT molecular complexity index is 346. The maximum absolute atomic E-state index is 10.9. The van der Waals surface area contributed by atoms with Gasteiger partial charge in [-0.15, -0.1) is 21.5 Å². The van der Waals surface area contributed by atoms with Gasteiger partial charge in [0.15, 0.2) is 0 Å². The smallest absolute Gasteiger partial charge is 0.243 e. The van der Waals surface area contributed by atoms with Crippen LogP contribution in [-0.2, 0) is 11.2 Å². The number of carbonyl (C=O) groups excluding carboxylic acids is 1. The minimum absolute atomic E-state index is 0.149. The lowest BCUT2D eigenvalue weighted by Gasteiger charge is -1.98. The van der Waals surface area contributed by atoms with Crippen molar-refractivity contribution in [3.8, 4) is 0 Å². The largest absolute Gasteiger partial charge is 0.352 e. The summed E-state index contributed by atoms with van der Waals surface area (Å²) in [7, 11) is 0. The third-order valence-electron chi connectivity index (χ3n) is 1.80. The van der Waals surface area contributed by atoms with Crippen LogP contribution in [0.25, 0.3) is 0 Å². The van der Waals surface area contributed by atoms with Crippen molar-refractivity contribution in [1.82, 2.24) is 15.5 Å². The quantitative estimate of drug-likeness (QED) is 0.773. The van der Waals surface area contributed by atoms with Crippen molar-refractivity contribution in [1.29, 1.82) is 0 Å². The summed E-state index contributed by atoms with van der Waals surface area (Å²) in [6.07, 6.45) is 1.99. The van der Waals surface area contributed by atoms with Gasteiger partial charge >= 0.3 is 0 Å². The lowest BCUT2D eigenvalue weighted by atomic mass is 10.2. The van der Waals surface area contributed by atoms with Crippen LogP contribution in [0.1, 0.15) is 29.8 Å². The van der Waals surface area contributed by atoms with Crippen LogP contribution in [0.15, 0.2) is 12.7 Å². The molecule has 0 aliphatic rings. The number of nitrogens with zero attached hydrogens (tertiary/aromatic N) is 2. The van der Waals surface area contributed by atoms with Gasteiger partial charge in [-0.05, 0) is 6.08 Å². The summed E-state index contributed by atoms with van der Waals surface area (Å²) in [5.41, 5.74) is 0. The van der Waals surface area contributed by atoms with Crippen LogP contribution in [-0.4, -0.2) is 22.6 Å². The number of hydrogen-bond donors (Lipinski definition) is 1. The number of rotatable bonds is 5. The van der Waals surface area contributed by atoms with Gasteiger partial charge in [-0.1, -0.05) is 20.4 Å². The molecule has 82 valence electrons. The second kappa shape index (κ2) is 5.60. The average Bonchev–Trinajstić information content (AvgIpc) is 2.66. The first-order valence-electron chi connectivity index (χ1n) is 4.86. The number of amides is 1. The molecular formula is C10H15N3OS. The van der Waals surface area contributed by atoms with E-state index in [2.05, 4.69) is 35.9 Å². The highest BCUT2D eigenvalue weighted by Crippen LogP contribution is 2.18. The molecule has 5 heteroatoms. The van der Waals surface area contributed by atoms with E-state index in [0.29, 0.717) is 12.5 Å². The highest BCUT2D eigenvalue weighted by atomic mass is 32.1. The van der Waals surface area contributed by atoms with E-state index in [1.165, 1.54) is 6.08 Å². The van der Waals surface area contributed by atoms with Gasteiger partial charge in [-0.3, -0.25) is 4.79 Å². The molecule has 0 fully saturated rings. The van der Waals surface area contributed by atoms with Crippen molar-refractivity contribution < 1.29 is 4.79 Å². The zero-order valence-electron chi connectivity index (χ0n) is 8.99. The Morgan fingerprint density at radius 3 is 2.87 bits per heavy atom. The summed E-state index contributed by atoms with van der Waals surface area (Å²) >= 11 is 1.60. The average molecular weight is 225 g/mol. The Morgan fingerprint density at radius 1 is 1.60 bits per heavy atom. The third-order valence-corrected chi connectivity index (χ3v) is 3.08. The standard InChI is InChI=1S/C10H15N3OS/c1-4-8(14)11-6-5-9-12-13-10(15-9)7(2)3/h4,7H,1,5-6H2,2-3H3,(H,11,14). The van der Waals surface area contributed by atoms with Crippen LogP contribution in [0.5, 0.6) is 0 Å². The summed E-state index contributed by atoms with van der Waals surface area (Å²) in [5, 5.41) is 12.8. The van der Waals surface area contributed by atoms with E-state index in [9.17, 15) is 4.79 Å². The molecule has 0 radical (unpaired) electrons. The molecule has 1 rings (SSSR count). The van der Waals surface area contributed by atoms with Crippen LogP contribution in [0.4, 0.5) is 0 Å². The van der Waals surface area contributed by atoms with Crippen LogP contribution in [0, 0.1) is 0 Å². The summed E-state index contributed by atoms with van der Waals surface area (Å²) < 4.78 is 0.